The Bertz CT molecular complexity index is 446. The molecule has 0 radical (unpaired) electrons. The first kappa shape index (κ1) is 17.2. The largest absolute Gasteiger partial charge is 0.339 e. The third-order valence-electron chi connectivity index (χ3n) is 3.47. The van der Waals surface area contributed by atoms with Crippen LogP contribution in [0.5, 0.6) is 0 Å². The van der Waals surface area contributed by atoms with Crippen molar-refractivity contribution in [2.24, 2.45) is 0 Å². The molecule has 0 spiro atoms. The Morgan fingerprint density at radius 2 is 1.86 bits per heavy atom. The summed E-state index contributed by atoms with van der Waals surface area (Å²) < 4.78 is 0. The fraction of sp³-hybridized carbons (Fsp3) is 0.500. The molecule has 1 saturated heterocycles. The molecule has 5 heteroatoms. The van der Waals surface area contributed by atoms with Crippen LogP contribution in [0.1, 0.15) is 6.92 Å². The minimum atomic E-state index is -0.171. The van der Waals surface area contributed by atoms with Crippen LogP contribution in [0, 0.1) is 0 Å². The van der Waals surface area contributed by atoms with Gasteiger partial charge in [-0.1, -0.05) is 30.9 Å². The lowest BCUT2D eigenvalue weighted by Crippen LogP contribution is -2.50. The van der Waals surface area contributed by atoms with Gasteiger partial charge in [0.2, 0.25) is 5.91 Å². The normalized spacial score (nSPS) is 17.1. The predicted octanol–water partition coefficient (Wildman–Crippen LogP) is 0.907. The van der Waals surface area contributed by atoms with Crippen molar-refractivity contribution in [2.75, 3.05) is 46.8 Å². The van der Waals surface area contributed by atoms with Crippen molar-refractivity contribution in [1.82, 2.24) is 14.7 Å². The number of likely N-dealkylation sites (N-methyl/N-ethyl adjacent to an activating group) is 2. The Hall–Kier alpha value is -1.88. The second kappa shape index (κ2) is 8.42. The molecule has 0 aromatic heterocycles. The van der Waals surface area contributed by atoms with E-state index in [0.29, 0.717) is 5.57 Å². The van der Waals surface area contributed by atoms with Gasteiger partial charge in [0.05, 0.1) is 6.54 Å². The first-order chi connectivity index (χ1) is 9.99. The number of allylic oxidation sites excluding steroid dienone is 3. The SMILES string of the molecule is C=C/C=C(\C=C/C)C(=O)N(C)CC(=O)N1CCN(C)CC1. The van der Waals surface area contributed by atoms with Gasteiger partial charge >= 0.3 is 0 Å². The number of carbonyl (C=O) groups is 2. The van der Waals surface area contributed by atoms with Gasteiger partial charge < -0.3 is 14.7 Å². The summed E-state index contributed by atoms with van der Waals surface area (Å²) in [5.41, 5.74) is 0.529. The van der Waals surface area contributed by atoms with Crippen LogP contribution in [-0.2, 0) is 9.59 Å². The molecule has 21 heavy (non-hydrogen) atoms. The Morgan fingerprint density at radius 3 is 2.38 bits per heavy atom. The highest BCUT2D eigenvalue weighted by atomic mass is 16.2. The quantitative estimate of drug-likeness (QED) is 0.558. The molecule has 1 rings (SSSR count). The predicted molar refractivity (Wildman–Crippen MR) is 84.8 cm³/mol. The van der Waals surface area contributed by atoms with Gasteiger partial charge in [-0.2, -0.15) is 0 Å². The number of hydrogen-bond donors (Lipinski definition) is 0. The lowest BCUT2D eigenvalue weighted by atomic mass is 10.2. The Morgan fingerprint density at radius 1 is 1.24 bits per heavy atom. The van der Waals surface area contributed by atoms with Crippen LogP contribution >= 0.6 is 0 Å². The summed E-state index contributed by atoms with van der Waals surface area (Å²) >= 11 is 0. The molecule has 0 aromatic carbocycles. The van der Waals surface area contributed by atoms with Gasteiger partial charge in [-0.05, 0) is 14.0 Å². The van der Waals surface area contributed by atoms with E-state index < -0.39 is 0 Å². The molecule has 0 aromatic rings. The van der Waals surface area contributed by atoms with Gasteiger partial charge in [0, 0.05) is 38.8 Å². The Kier molecular flexibility index (Phi) is 6.88. The monoisotopic (exact) mass is 291 g/mol. The van der Waals surface area contributed by atoms with Crippen molar-refractivity contribution >= 4 is 11.8 Å². The van der Waals surface area contributed by atoms with E-state index in [-0.39, 0.29) is 18.4 Å². The summed E-state index contributed by atoms with van der Waals surface area (Å²) in [6, 6.07) is 0. The molecule has 5 nitrogen and oxygen atoms in total. The molecule has 0 N–H and O–H groups in total. The Balaban J connectivity index is 2.60. The number of carbonyl (C=O) groups excluding carboxylic acids is 2. The van der Waals surface area contributed by atoms with Gasteiger partial charge in [0.15, 0.2) is 0 Å². The van der Waals surface area contributed by atoms with Gasteiger partial charge in [-0.3, -0.25) is 9.59 Å². The maximum atomic E-state index is 12.3. The van der Waals surface area contributed by atoms with Crippen LogP contribution in [0.3, 0.4) is 0 Å². The van der Waals surface area contributed by atoms with Gasteiger partial charge in [-0.25, -0.2) is 0 Å². The van der Waals surface area contributed by atoms with E-state index in [2.05, 4.69) is 11.5 Å². The lowest BCUT2D eigenvalue weighted by molar-refractivity contribution is -0.138. The van der Waals surface area contributed by atoms with Crippen LogP contribution < -0.4 is 0 Å². The minimum absolute atomic E-state index is 0.00242. The zero-order valence-corrected chi connectivity index (χ0v) is 13.2. The van der Waals surface area contributed by atoms with Crippen molar-refractivity contribution in [3.8, 4) is 0 Å². The summed E-state index contributed by atoms with van der Waals surface area (Å²) in [4.78, 5) is 29.9. The molecule has 0 saturated carbocycles. The molecule has 1 heterocycles. The Labute approximate surface area is 127 Å². The number of rotatable bonds is 5. The van der Waals surface area contributed by atoms with Crippen molar-refractivity contribution in [2.45, 2.75) is 6.92 Å². The highest BCUT2D eigenvalue weighted by Gasteiger charge is 2.22. The van der Waals surface area contributed by atoms with Crippen molar-refractivity contribution in [3.63, 3.8) is 0 Å². The molecular weight excluding hydrogens is 266 g/mol. The lowest BCUT2D eigenvalue weighted by Gasteiger charge is -2.33. The standard InChI is InChI=1S/C16H25N3O2/c1-5-7-14(8-6-2)16(21)18(4)13-15(20)19-11-9-17(3)10-12-19/h5-8H,1,9-13H2,2-4H3/b8-6-,14-7+. The molecule has 2 amide bonds. The maximum Gasteiger partial charge on any atom is 0.254 e. The number of hydrogen-bond acceptors (Lipinski definition) is 3. The topological polar surface area (TPSA) is 43.9 Å². The summed E-state index contributed by atoms with van der Waals surface area (Å²) in [5, 5.41) is 0. The summed E-state index contributed by atoms with van der Waals surface area (Å²) in [5.74, 6) is -0.173. The van der Waals surface area contributed by atoms with Crippen molar-refractivity contribution in [1.29, 1.82) is 0 Å². The van der Waals surface area contributed by atoms with E-state index >= 15 is 0 Å². The van der Waals surface area contributed by atoms with E-state index in [1.54, 1.807) is 31.4 Å². The molecule has 0 unspecified atom stereocenters. The van der Waals surface area contributed by atoms with E-state index in [9.17, 15) is 9.59 Å². The second-order valence-electron chi connectivity index (χ2n) is 5.20. The van der Waals surface area contributed by atoms with Crippen molar-refractivity contribution < 1.29 is 9.59 Å². The first-order valence-electron chi connectivity index (χ1n) is 7.16. The van der Waals surface area contributed by atoms with Crippen LogP contribution in [-0.4, -0.2) is 73.3 Å². The van der Waals surface area contributed by atoms with Crippen molar-refractivity contribution in [3.05, 3.63) is 36.5 Å². The number of piperazine rings is 1. The fourth-order valence-corrected chi connectivity index (χ4v) is 2.16. The maximum absolute atomic E-state index is 12.3. The molecule has 1 fully saturated rings. The second-order valence-corrected chi connectivity index (χ2v) is 5.20. The van der Waals surface area contributed by atoms with E-state index in [0.717, 1.165) is 26.2 Å². The van der Waals surface area contributed by atoms with E-state index in [1.165, 1.54) is 4.90 Å². The molecule has 1 aliphatic rings. The molecule has 1 aliphatic heterocycles. The minimum Gasteiger partial charge on any atom is -0.339 e. The van der Waals surface area contributed by atoms with E-state index in [1.807, 2.05) is 18.9 Å². The summed E-state index contributed by atoms with van der Waals surface area (Å²) in [6.07, 6.45) is 6.74. The van der Waals surface area contributed by atoms with Crippen LogP contribution in [0.15, 0.2) is 36.5 Å². The highest BCUT2D eigenvalue weighted by molar-refractivity contribution is 5.98. The van der Waals surface area contributed by atoms with Crippen LogP contribution in [0.2, 0.25) is 0 Å². The van der Waals surface area contributed by atoms with Gasteiger partial charge in [-0.15, -0.1) is 0 Å². The third-order valence-corrected chi connectivity index (χ3v) is 3.47. The van der Waals surface area contributed by atoms with Crippen LogP contribution in [0.25, 0.3) is 0 Å². The average Bonchev–Trinajstić information content (AvgIpc) is 2.46. The smallest absolute Gasteiger partial charge is 0.254 e. The summed E-state index contributed by atoms with van der Waals surface area (Å²) in [6.45, 7) is 8.76. The number of amides is 2. The summed E-state index contributed by atoms with van der Waals surface area (Å²) in [7, 11) is 3.69. The number of nitrogens with zero attached hydrogens (tertiary/aromatic N) is 3. The zero-order valence-electron chi connectivity index (χ0n) is 13.2. The van der Waals surface area contributed by atoms with Crippen LogP contribution in [0.4, 0.5) is 0 Å². The van der Waals surface area contributed by atoms with Gasteiger partial charge in [0.1, 0.15) is 0 Å². The average molecular weight is 291 g/mol. The fourth-order valence-electron chi connectivity index (χ4n) is 2.16. The molecule has 0 bridgehead atoms. The first-order valence-corrected chi connectivity index (χ1v) is 7.16. The zero-order chi connectivity index (χ0) is 15.8. The van der Waals surface area contributed by atoms with Gasteiger partial charge in [0.25, 0.3) is 5.91 Å². The third kappa shape index (κ3) is 5.19. The molecule has 0 atom stereocenters. The molecule has 116 valence electrons. The van der Waals surface area contributed by atoms with E-state index in [4.69, 9.17) is 0 Å². The highest BCUT2D eigenvalue weighted by Crippen LogP contribution is 2.05. The molecule has 0 aliphatic carbocycles. The molecular formula is C16H25N3O2.